The zero-order valence-corrected chi connectivity index (χ0v) is 21.5. The van der Waals surface area contributed by atoms with Gasteiger partial charge in [-0.15, -0.1) is 24.0 Å². The van der Waals surface area contributed by atoms with E-state index in [-0.39, 0.29) is 29.9 Å². The van der Waals surface area contributed by atoms with Gasteiger partial charge in [0.1, 0.15) is 0 Å². The van der Waals surface area contributed by atoms with Gasteiger partial charge in [-0.25, -0.2) is 4.99 Å². The van der Waals surface area contributed by atoms with Crippen molar-refractivity contribution in [2.45, 2.75) is 52.7 Å². The molecule has 1 heterocycles. The molecule has 0 saturated carbocycles. The standard InChI is InChI=1S/C25H35N5O.HI/c1-3-26-25(28-18-23-8-7-9-24(16-23)29-20(2)31)27-17-21-10-12-22(13-11-21)19-30-14-5-4-6-15-30;/h7-13,16H,3-6,14-15,17-19H2,1-2H3,(H,29,31)(H2,26,27,28);1H. The van der Waals surface area contributed by atoms with Crippen LogP contribution in [-0.4, -0.2) is 36.4 Å². The van der Waals surface area contributed by atoms with Gasteiger partial charge in [-0.05, 0) is 61.7 Å². The number of benzene rings is 2. The minimum Gasteiger partial charge on any atom is -0.357 e. The van der Waals surface area contributed by atoms with Crippen molar-refractivity contribution in [3.63, 3.8) is 0 Å². The molecule has 1 fully saturated rings. The lowest BCUT2D eigenvalue weighted by Crippen LogP contribution is -2.36. The molecule has 0 bridgehead atoms. The lowest BCUT2D eigenvalue weighted by atomic mass is 10.1. The van der Waals surface area contributed by atoms with E-state index in [0.717, 1.165) is 36.8 Å². The number of carbonyl (C=O) groups is 1. The SMILES string of the molecule is CCNC(=NCc1cccc(NC(C)=O)c1)NCc1ccc(CN2CCCCC2)cc1.I. The van der Waals surface area contributed by atoms with Gasteiger partial charge < -0.3 is 16.0 Å². The van der Waals surface area contributed by atoms with Gasteiger partial charge in [0.25, 0.3) is 0 Å². The Morgan fingerprint density at radius 1 is 0.969 bits per heavy atom. The first-order chi connectivity index (χ1) is 15.1. The van der Waals surface area contributed by atoms with Crippen LogP contribution in [-0.2, 0) is 24.4 Å². The van der Waals surface area contributed by atoms with Crippen LogP contribution in [0, 0.1) is 0 Å². The summed E-state index contributed by atoms with van der Waals surface area (Å²) in [7, 11) is 0. The smallest absolute Gasteiger partial charge is 0.221 e. The molecule has 0 aliphatic carbocycles. The Balaban J connectivity index is 0.00000363. The molecule has 6 nitrogen and oxygen atoms in total. The zero-order valence-electron chi connectivity index (χ0n) is 19.2. The van der Waals surface area contributed by atoms with Crippen LogP contribution < -0.4 is 16.0 Å². The molecule has 174 valence electrons. The molecule has 2 aromatic rings. The summed E-state index contributed by atoms with van der Waals surface area (Å²) in [5.41, 5.74) is 4.46. The predicted molar refractivity (Wildman–Crippen MR) is 143 cm³/mol. The predicted octanol–water partition coefficient (Wildman–Crippen LogP) is 4.50. The van der Waals surface area contributed by atoms with Crippen LogP contribution in [0.5, 0.6) is 0 Å². The van der Waals surface area contributed by atoms with Crippen LogP contribution in [0.1, 0.15) is 49.8 Å². The maximum atomic E-state index is 11.3. The number of guanidine groups is 1. The number of hydrogen-bond acceptors (Lipinski definition) is 3. The summed E-state index contributed by atoms with van der Waals surface area (Å²) >= 11 is 0. The van der Waals surface area contributed by atoms with Gasteiger partial charge in [0.2, 0.25) is 5.91 Å². The number of rotatable bonds is 8. The Hall–Kier alpha value is -2.13. The van der Waals surface area contributed by atoms with Crippen LogP contribution in [0.3, 0.4) is 0 Å². The third-order valence-corrected chi connectivity index (χ3v) is 5.35. The van der Waals surface area contributed by atoms with Crippen molar-refractivity contribution >= 4 is 41.5 Å². The average Bonchev–Trinajstić information content (AvgIpc) is 2.77. The van der Waals surface area contributed by atoms with Crippen LogP contribution >= 0.6 is 24.0 Å². The fraction of sp³-hybridized carbons (Fsp3) is 0.440. The first kappa shape index (κ1) is 26.1. The van der Waals surface area contributed by atoms with Crippen LogP contribution in [0.15, 0.2) is 53.5 Å². The third-order valence-electron chi connectivity index (χ3n) is 5.35. The number of aliphatic imine (C=N–C) groups is 1. The van der Waals surface area contributed by atoms with Gasteiger partial charge in [0, 0.05) is 32.2 Å². The van der Waals surface area contributed by atoms with E-state index in [4.69, 9.17) is 0 Å². The molecule has 3 rings (SSSR count). The minimum atomic E-state index is -0.0717. The second-order valence-electron chi connectivity index (χ2n) is 8.08. The van der Waals surface area contributed by atoms with E-state index >= 15 is 0 Å². The Kier molecular flexibility index (Phi) is 11.5. The summed E-state index contributed by atoms with van der Waals surface area (Å²) < 4.78 is 0. The molecule has 2 aromatic carbocycles. The highest BCUT2D eigenvalue weighted by Gasteiger charge is 2.10. The summed E-state index contributed by atoms with van der Waals surface area (Å²) in [5, 5.41) is 9.52. The molecule has 0 unspecified atom stereocenters. The summed E-state index contributed by atoms with van der Waals surface area (Å²) in [6.45, 7) is 9.13. The molecule has 1 amide bonds. The van der Waals surface area contributed by atoms with E-state index in [1.165, 1.54) is 50.4 Å². The largest absolute Gasteiger partial charge is 0.357 e. The van der Waals surface area contributed by atoms with Crippen LogP contribution in [0.4, 0.5) is 5.69 Å². The molecule has 7 heteroatoms. The van der Waals surface area contributed by atoms with Gasteiger partial charge in [-0.3, -0.25) is 9.69 Å². The fourth-order valence-corrected chi connectivity index (χ4v) is 3.79. The molecule has 0 radical (unpaired) electrons. The maximum Gasteiger partial charge on any atom is 0.221 e. The molecule has 0 atom stereocenters. The lowest BCUT2D eigenvalue weighted by molar-refractivity contribution is -0.114. The van der Waals surface area contributed by atoms with Crippen LogP contribution in [0.2, 0.25) is 0 Å². The van der Waals surface area contributed by atoms with Crippen molar-refractivity contribution in [2.24, 2.45) is 4.99 Å². The van der Waals surface area contributed by atoms with Crippen molar-refractivity contribution < 1.29 is 4.79 Å². The number of likely N-dealkylation sites (tertiary alicyclic amines) is 1. The number of halogens is 1. The normalized spacial score (nSPS) is 14.4. The van der Waals surface area contributed by atoms with Gasteiger partial charge in [-0.2, -0.15) is 0 Å². The molecular formula is C25H36IN5O. The van der Waals surface area contributed by atoms with Crippen molar-refractivity contribution in [1.82, 2.24) is 15.5 Å². The number of amides is 1. The van der Waals surface area contributed by atoms with Gasteiger partial charge >= 0.3 is 0 Å². The number of piperidine rings is 1. The monoisotopic (exact) mass is 549 g/mol. The second kappa shape index (κ2) is 14.1. The topological polar surface area (TPSA) is 68.8 Å². The highest BCUT2D eigenvalue weighted by molar-refractivity contribution is 14.0. The molecule has 1 aliphatic rings. The van der Waals surface area contributed by atoms with Gasteiger partial charge in [-0.1, -0.05) is 42.8 Å². The van der Waals surface area contributed by atoms with Crippen molar-refractivity contribution in [2.75, 3.05) is 25.0 Å². The molecular weight excluding hydrogens is 513 g/mol. The Morgan fingerprint density at radius 2 is 1.69 bits per heavy atom. The number of anilines is 1. The number of nitrogens with one attached hydrogen (secondary N) is 3. The molecule has 32 heavy (non-hydrogen) atoms. The molecule has 3 N–H and O–H groups in total. The van der Waals surface area contributed by atoms with E-state index in [1.54, 1.807) is 0 Å². The summed E-state index contributed by atoms with van der Waals surface area (Å²) in [6, 6.07) is 16.7. The van der Waals surface area contributed by atoms with Crippen molar-refractivity contribution in [3.8, 4) is 0 Å². The molecule has 0 aromatic heterocycles. The first-order valence-corrected chi connectivity index (χ1v) is 11.3. The third kappa shape index (κ3) is 9.16. The average molecular weight is 550 g/mol. The number of carbonyl (C=O) groups excluding carboxylic acids is 1. The summed E-state index contributed by atoms with van der Waals surface area (Å²) in [6.07, 6.45) is 4.02. The van der Waals surface area contributed by atoms with Crippen molar-refractivity contribution in [3.05, 3.63) is 65.2 Å². The van der Waals surface area contributed by atoms with Gasteiger partial charge in [0.05, 0.1) is 6.54 Å². The number of nitrogens with zero attached hydrogens (tertiary/aromatic N) is 2. The maximum absolute atomic E-state index is 11.3. The Bertz CT molecular complexity index is 863. The van der Waals surface area contributed by atoms with Crippen molar-refractivity contribution in [1.29, 1.82) is 0 Å². The quantitative estimate of drug-likeness (QED) is 0.258. The molecule has 1 saturated heterocycles. The van der Waals surface area contributed by atoms with E-state index < -0.39 is 0 Å². The number of hydrogen-bond donors (Lipinski definition) is 3. The first-order valence-electron chi connectivity index (χ1n) is 11.3. The molecule has 0 spiro atoms. The van der Waals surface area contributed by atoms with E-state index in [2.05, 4.69) is 57.0 Å². The van der Waals surface area contributed by atoms with E-state index in [0.29, 0.717) is 6.54 Å². The fourth-order valence-electron chi connectivity index (χ4n) is 3.79. The highest BCUT2D eigenvalue weighted by atomic mass is 127. The minimum absolute atomic E-state index is 0. The Labute approximate surface area is 209 Å². The second-order valence-corrected chi connectivity index (χ2v) is 8.08. The highest BCUT2D eigenvalue weighted by Crippen LogP contribution is 2.14. The van der Waals surface area contributed by atoms with Gasteiger partial charge in [0.15, 0.2) is 5.96 Å². The Morgan fingerprint density at radius 3 is 2.38 bits per heavy atom. The van der Waals surface area contributed by atoms with E-state index in [9.17, 15) is 4.79 Å². The summed E-state index contributed by atoms with van der Waals surface area (Å²) in [4.78, 5) is 18.5. The van der Waals surface area contributed by atoms with E-state index in [1.807, 2.05) is 24.3 Å². The zero-order chi connectivity index (χ0) is 21.9. The molecule has 1 aliphatic heterocycles. The summed E-state index contributed by atoms with van der Waals surface area (Å²) in [5.74, 6) is 0.711. The van der Waals surface area contributed by atoms with Crippen LogP contribution in [0.25, 0.3) is 0 Å². The lowest BCUT2D eigenvalue weighted by Gasteiger charge is -2.26.